The van der Waals surface area contributed by atoms with Crippen molar-refractivity contribution in [3.8, 4) is 0 Å². The number of rotatable bonds is 8. The van der Waals surface area contributed by atoms with Crippen LogP contribution < -0.4 is 16.4 Å². The van der Waals surface area contributed by atoms with Crippen molar-refractivity contribution >= 4 is 23.1 Å². The highest BCUT2D eigenvalue weighted by atomic mass is 32.1. The molecule has 0 saturated heterocycles. The van der Waals surface area contributed by atoms with Gasteiger partial charge in [0.2, 0.25) is 0 Å². The minimum Gasteiger partial charge on any atom is -0.329 e. The first kappa shape index (κ1) is 14.0. The molecule has 1 aromatic carbocycles. The van der Waals surface area contributed by atoms with Gasteiger partial charge in [0, 0.05) is 32.7 Å². The zero-order valence-electron chi connectivity index (χ0n) is 9.78. The Hall–Kier alpha value is -1.10. The molecular weight excluding hydrogens is 232 g/mol. The summed E-state index contributed by atoms with van der Waals surface area (Å²) in [5, 5.41) is 8.95. The summed E-state index contributed by atoms with van der Waals surface area (Å²) in [6, 6.07) is 7.90. The Kier molecular flexibility index (Phi) is 7.38. The highest BCUT2D eigenvalue weighted by Crippen LogP contribution is 2.17. The lowest BCUT2D eigenvalue weighted by Crippen LogP contribution is -2.30. The number of para-hydroxylation sites is 1. The lowest BCUT2D eigenvalue weighted by molar-refractivity contribution is 0.615. The molecule has 92 valence electrons. The van der Waals surface area contributed by atoms with Crippen LogP contribution in [0.3, 0.4) is 0 Å². The molecule has 0 aliphatic rings. The summed E-state index contributed by atoms with van der Waals surface area (Å²) < 4.78 is 0. The molecule has 0 aromatic heterocycles. The van der Waals surface area contributed by atoms with E-state index in [2.05, 4.69) is 33.0 Å². The average Bonchev–Trinajstić information content (AvgIpc) is 2.36. The second-order valence-electron chi connectivity index (χ2n) is 3.55. The molecule has 0 amide bonds. The molecule has 1 aromatic rings. The number of isothiocyanates is 1. The summed E-state index contributed by atoms with van der Waals surface area (Å²) in [5.41, 5.74) is 7.38. The van der Waals surface area contributed by atoms with Crippen LogP contribution in [0, 0.1) is 0 Å². The molecule has 5 heteroatoms. The van der Waals surface area contributed by atoms with Crippen molar-refractivity contribution < 1.29 is 0 Å². The molecule has 4 N–H and O–H groups in total. The van der Waals surface area contributed by atoms with Crippen LogP contribution in [0.25, 0.3) is 0 Å². The fourth-order valence-corrected chi connectivity index (χ4v) is 1.54. The van der Waals surface area contributed by atoms with Crippen molar-refractivity contribution in [1.29, 1.82) is 0 Å². The molecule has 0 aliphatic heterocycles. The SMILES string of the molecule is NCCNCCNCc1ccccc1N=C=S. The van der Waals surface area contributed by atoms with E-state index in [0.29, 0.717) is 6.54 Å². The highest BCUT2D eigenvalue weighted by molar-refractivity contribution is 7.78. The quantitative estimate of drug-likeness (QED) is 0.367. The van der Waals surface area contributed by atoms with Gasteiger partial charge in [-0.05, 0) is 23.8 Å². The van der Waals surface area contributed by atoms with Crippen LogP contribution in [0.15, 0.2) is 29.3 Å². The molecule has 1 rings (SSSR count). The van der Waals surface area contributed by atoms with E-state index in [1.54, 1.807) is 0 Å². The van der Waals surface area contributed by atoms with Crippen molar-refractivity contribution in [3.05, 3.63) is 29.8 Å². The summed E-state index contributed by atoms with van der Waals surface area (Å²) in [4.78, 5) is 4.03. The lowest BCUT2D eigenvalue weighted by atomic mass is 10.2. The average molecular weight is 250 g/mol. The van der Waals surface area contributed by atoms with Crippen LogP contribution in [0.2, 0.25) is 0 Å². The second-order valence-corrected chi connectivity index (χ2v) is 3.73. The minimum atomic E-state index is 0.673. The van der Waals surface area contributed by atoms with Crippen molar-refractivity contribution in [2.45, 2.75) is 6.54 Å². The van der Waals surface area contributed by atoms with E-state index in [9.17, 15) is 0 Å². The van der Waals surface area contributed by atoms with Crippen LogP contribution in [-0.4, -0.2) is 31.3 Å². The van der Waals surface area contributed by atoms with E-state index >= 15 is 0 Å². The van der Waals surface area contributed by atoms with Crippen molar-refractivity contribution in [3.63, 3.8) is 0 Å². The summed E-state index contributed by atoms with van der Waals surface area (Å²) in [6.07, 6.45) is 0. The van der Waals surface area contributed by atoms with E-state index in [-0.39, 0.29) is 0 Å². The standard InChI is InChI=1S/C12H18N4S/c13-5-6-14-7-8-15-9-11-3-1-2-4-12(11)16-10-17/h1-4,14-15H,5-9,13H2. The molecule has 4 nitrogen and oxygen atoms in total. The third-order valence-corrected chi connectivity index (χ3v) is 2.36. The van der Waals surface area contributed by atoms with Gasteiger partial charge in [0.05, 0.1) is 10.8 Å². The van der Waals surface area contributed by atoms with Gasteiger partial charge in [-0.2, -0.15) is 4.99 Å². The molecule has 17 heavy (non-hydrogen) atoms. The Balaban J connectivity index is 2.33. The minimum absolute atomic E-state index is 0.673. The van der Waals surface area contributed by atoms with Gasteiger partial charge in [-0.3, -0.25) is 0 Å². The second kappa shape index (κ2) is 8.98. The Bertz CT molecular complexity index is 375. The van der Waals surface area contributed by atoms with Gasteiger partial charge in [0.15, 0.2) is 0 Å². The first-order chi connectivity index (χ1) is 8.38. The maximum Gasteiger partial charge on any atom is 0.0784 e. The van der Waals surface area contributed by atoms with E-state index in [0.717, 1.165) is 37.4 Å². The summed E-state index contributed by atoms with van der Waals surface area (Å²) in [5.74, 6) is 0. The van der Waals surface area contributed by atoms with Gasteiger partial charge < -0.3 is 16.4 Å². The van der Waals surface area contributed by atoms with Gasteiger partial charge in [-0.15, -0.1) is 0 Å². The number of thiocarbonyl (C=S) groups is 1. The topological polar surface area (TPSA) is 62.4 Å². The zero-order chi connectivity index (χ0) is 12.3. The predicted molar refractivity (Wildman–Crippen MR) is 74.8 cm³/mol. The number of aliphatic imine (C=N–C) groups is 1. The molecule has 0 heterocycles. The van der Waals surface area contributed by atoms with Crippen molar-refractivity contribution in [1.82, 2.24) is 10.6 Å². The maximum atomic E-state index is 5.38. The third-order valence-electron chi connectivity index (χ3n) is 2.27. The monoisotopic (exact) mass is 250 g/mol. The van der Waals surface area contributed by atoms with Crippen LogP contribution in [-0.2, 0) is 6.54 Å². The van der Waals surface area contributed by atoms with Gasteiger partial charge >= 0.3 is 0 Å². The van der Waals surface area contributed by atoms with Gasteiger partial charge in [-0.25, -0.2) is 0 Å². The van der Waals surface area contributed by atoms with E-state index in [1.807, 2.05) is 24.3 Å². The number of nitrogens with one attached hydrogen (secondary N) is 2. The fraction of sp³-hybridized carbons (Fsp3) is 0.417. The summed E-state index contributed by atoms with van der Waals surface area (Å²) in [7, 11) is 0. The maximum absolute atomic E-state index is 5.38. The number of nitrogens with zero attached hydrogens (tertiary/aromatic N) is 1. The van der Waals surface area contributed by atoms with Crippen LogP contribution in [0.1, 0.15) is 5.56 Å². The van der Waals surface area contributed by atoms with Crippen LogP contribution in [0.5, 0.6) is 0 Å². The summed E-state index contributed by atoms with van der Waals surface area (Å²) >= 11 is 4.62. The van der Waals surface area contributed by atoms with Gasteiger partial charge in [0.25, 0.3) is 0 Å². The molecule has 0 radical (unpaired) electrons. The highest BCUT2D eigenvalue weighted by Gasteiger charge is 1.98. The predicted octanol–water partition coefficient (Wildman–Crippen LogP) is 1.06. The molecular formula is C12H18N4S. The Morgan fingerprint density at radius 3 is 2.71 bits per heavy atom. The molecule has 0 fully saturated rings. The first-order valence-corrected chi connectivity index (χ1v) is 6.06. The van der Waals surface area contributed by atoms with E-state index in [1.165, 1.54) is 0 Å². The molecule has 0 aliphatic carbocycles. The Morgan fingerprint density at radius 2 is 1.94 bits per heavy atom. The number of hydrogen-bond acceptors (Lipinski definition) is 5. The van der Waals surface area contributed by atoms with E-state index in [4.69, 9.17) is 5.73 Å². The van der Waals surface area contributed by atoms with Crippen LogP contribution in [0.4, 0.5) is 5.69 Å². The molecule has 0 spiro atoms. The van der Waals surface area contributed by atoms with Crippen molar-refractivity contribution in [2.75, 3.05) is 26.2 Å². The fourth-order valence-electron chi connectivity index (χ4n) is 1.45. The Morgan fingerprint density at radius 1 is 1.18 bits per heavy atom. The third kappa shape index (κ3) is 5.68. The molecule has 0 bridgehead atoms. The summed E-state index contributed by atoms with van der Waals surface area (Å²) in [6.45, 7) is 4.12. The van der Waals surface area contributed by atoms with Gasteiger partial charge in [-0.1, -0.05) is 18.2 Å². The molecule has 0 unspecified atom stereocenters. The number of benzene rings is 1. The largest absolute Gasteiger partial charge is 0.329 e. The zero-order valence-corrected chi connectivity index (χ0v) is 10.6. The molecule has 0 saturated carbocycles. The van der Waals surface area contributed by atoms with E-state index < -0.39 is 0 Å². The normalized spacial score (nSPS) is 9.94. The smallest absolute Gasteiger partial charge is 0.0784 e. The molecule has 0 atom stereocenters. The van der Waals surface area contributed by atoms with Gasteiger partial charge in [0.1, 0.15) is 0 Å². The lowest BCUT2D eigenvalue weighted by Gasteiger charge is -2.07. The first-order valence-electron chi connectivity index (χ1n) is 5.65. The van der Waals surface area contributed by atoms with Crippen LogP contribution >= 0.6 is 12.2 Å². The van der Waals surface area contributed by atoms with Crippen molar-refractivity contribution in [2.24, 2.45) is 10.7 Å². The number of nitrogens with two attached hydrogens (primary N) is 1. The number of hydrogen-bond donors (Lipinski definition) is 3. The Labute approximate surface area is 107 Å².